The molecule has 0 saturated heterocycles. The SMILES string of the molecule is CCCNC(c1ccc(F)c(Cl)c1)c1cc(Br)ccc1Br. The van der Waals surface area contributed by atoms with E-state index in [-0.39, 0.29) is 11.1 Å². The lowest BCUT2D eigenvalue weighted by Gasteiger charge is -2.21. The van der Waals surface area contributed by atoms with E-state index < -0.39 is 5.82 Å². The van der Waals surface area contributed by atoms with Crippen LogP contribution >= 0.6 is 43.5 Å². The molecule has 0 aliphatic rings. The van der Waals surface area contributed by atoms with Gasteiger partial charge in [0.25, 0.3) is 0 Å². The van der Waals surface area contributed by atoms with Gasteiger partial charge in [0.05, 0.1) is 11.1 Å². The predicted molar refractivity (Wildman–Crippen MR) is 93.4 cm³/mol. The molecule has 0 heterocycles. The Hall–Kier alpha value is -0.420. The normalized spacial score (nSPS) is 12.4. The highest BCUT2D eigenvalue weighted by molar-refractivity contribution is 9.11. The maximum Gasteiger partial charge on any atom is 0.141 e. The molecule has 1 nitrogen and oxygen atoms in total. The Balaban J connectivity index is 2.46. The first-order chi connectivity index (χ1) is 10.0. The first-order valence-electron chi connectivity index (χ1n) is 6.66. The smallest absolute Gasteiger partial charge is 0.141 e. The number of halogens is 4. The molecule has 0 amide bonds. The standard InChI is InChI=1S/C16H15Br2ClFN/c1-2-7-21-16(10-3-6-15(20)14(19)8-10)12-9-11(17)4-5-13(12)18/h3-6,8-9,16,21H,2,7H2,1H3. The molecule has 1 N–H and O–H groups in total. The predicted octanol–water partition coefficient (Wildman–Crippen LogP) is 6.09. The zero-order valence-electron chi connectivity index (χ0n) is 11.5. The van der Waals surface area contributed by atoms with Crippen LogP contribution in [0.4, 0.5) is 4.39 Å². The van der Waals surface area contributed by atoms with Gasteiger partial charge in [-0.3, -0.25) is 0 Å². The second kappa shape index (κ2) is 7.73. The van der Waals surface area contributed by atoms with E-state index in [2.05, 4.69) is 50.2 Å². The average Bonchev–Trinajstić information content (AvgIpc) is 2.46. The minimum absolute atomic E-state index is 0.0464. The van der Waals surface area contributed by atoms with Crippen molar-refractivity contribution in [2.24, 2.45) is 0 Å². The number of hydrogen-bond acceptors (Lipinski definition) is 1. The third-order valence-electron chi connectivity index (χ3n) is 3.14. The van der Waals surface area contributed by atoms with E-state index in [1.807, 2.05) is 12.1 Å². The Morgan fingerprint density at radius 2 is 1.95 bits per heavy atom. The van der Waals surface area contributed by atoms with Crippen molar-refractivity contribution < 1.29 is 4.39 Å². The Bertz CT molecular complexity index is 634. The molecule has 0 aliphatic heterocycles. The molecule has 2 rings (SSSR count). The molecule has 2 aromatic rings. The van der Waals surface area contributed by atoms with Crippen LogP contribution in [0.2, 0.25) is 5.02 Å². The Labute approximate surface area is 146 Å². The highest BCUT2D eigenvalue weighted by Gasteiger charge is 2.17. The van der Waals surface area contributed by atoms with Crippen LogP contribution in [0.1, 0.15) is 30.5 Å². The second-order valence-corrected chi connectivity index (χ2v) is 6.90. The van der Waals surface area contributed by atoms with E-state index in [4.69, 9.17) is 11.6 Å². The van der Waals surface area contributed by atoms with Crippen LogP contribution in [0.5, 0.6) is 0 Å². The molecule has 0 spiro atoms. The molecule has 2 aromatic carbocycles. The van der Waals surface area contributed by atoms with Gasteiger partial charge < -0.3 is 5.32 Å². The van der Waals surface area contributed by atoms with Crippen molar-refractivity contribution in [2.45, 2.75) is 19.4 Å². The van der Waals surface area contributed by atoms with Crippen molar-refractivity contribution in [3.63, 3.8) is 0 Å². The minimum atomic E-state index is -0.400. The lowest BCUT2D eigenvalue weighted by Crippen LogP contribution is -2.23. The van der Waals surface area contributed by atoms with Crippen LogP contribution in [-0.2, 0) is 0 Å². The van der Waals surface area contributed by atoms with Crippen molar-refractivity contribution in [2.75, 3.05) is 6.54 Å². The minimum Gasteiger partial charge on any atom is -0.306 e. The van der Waals surface area contributed by atoms with Gasteiger partial charge in [-0.15, -0.1) is 0 Å². The summed E-state index contributed by atoms with van der Waals surface area (Å²) in [6.45, 7) is 2.97. The molecular weight excluding hydrogens is 420 g/mol. The maximum absolute atomic E-state index is 13.4. The number of nitrogens with one attached hydrogen (secondary N) is 1. The monoisotopic (exact) mass is 433 g/mol. The summed E-state index contributed by atoms with van der Waals surface area (Å²) in [5.74, 6) is -0.400. The van der Waals surface area contributed by atoms with E-state index in [1.165, 1.54) is 6.07 Å². The number of hydrogen-bond donors (Lipinski definition) is 1. The van der Waals surface area contributed by atoms with E-state index in [0.717, 1.165) is 33.0 Å². The molecule has 0 aliphatic carbocycles. The topological polar surface area (TPSA) is 12.0 Å². The second-order valence-electron chi connectivity index (χ2n) is 4.73. The quantitative estimate of drug-likeness (QED) is 0.599. The molecule has 0 aromatic heterocycles. The fourth-order valence-corrected chi connectivity index (χ4v) is 3.17. The average molecular weight is 436 g/mol. The Kier molecular flexibility index (Phi) is 6.23. The first kappa shape index (κ1) is 16.9. The molecule has 112 valence electrons. The summed E-state index contributed by atoms with van der Waals surface area (Å²) in [6.07, 6.45) is 1.01. The molecule has 0 bridgehead atoms. The zero-order chi connectivity index (χ0) is 15.4. The first-order valence-corrected chi connectivity index (χ1v) is 8.62. The fraction of sp³-hybridized carbons (Fsp3) is 0.250. The Morgan fingerprint density at radius 1 is 1.19 bits per heavy atom. The summed E-state index contributed by atoms with van der Waals surface area (Å²) in [4.78, 5) is 0. The number of benzene rings is 2. The van der Waals surface area contributed by atoms with Crippen molar-refractivity contribution in [1.82, 2.24) is 5.32 Å². The number of rotatable bonds is 5. The van der Waals surface area contributed by atoms with Crippen molar-refractivity contribution in [1.29, 1.82) is 0 Å². The van der Waals surface area contributed by atoms with E-state index in [0.29, 0.717) is 0 Å². The van der Waals surface area contributed by atoms with Gasteiger partial charge in [-0.1, -0.05) is 56.5 Å². The fourth-order valence-electron chi connectivity index (χ4n) is 2.12. The summed E-state index contributed by atoms with van der Waals surface area (Å²) in [6, 6.07) is 10.8. The van der Waals surface area contributed by atoms with Crippen LogP contribution in [0.15, 0.2) is 45.3 Å². The summed E-state index contributed by atoms with van der Waals surface area (Å²) in [7, 11) is 0. The molecule has 1 unspecified atom stereocenters. The lowest BCUT2D eigenvalue weighted by molar-refractivity contribution is 0.591. The van der Waals surface area contributed by atoms with Crippen LogP contribution < -0.4 is 5.32 Å². The Morgan fingerprint density at radius 3 is 2.62 bits per heavy atom. The van der Waals surface area contributed by atoms with Gasteiger partial charge in [-0.2, -0.15) is 0 Å². The van der Waals surface area contributed by atoms with Crippen LogP contribution in [0.25, 0.3) is 0 Å². The van der Waals surface area contributed by atoms with Gasteiger partial charge in [0.1, 0.15) is 5.82 Å². The lowest BCUT2D eigenvalue weighted by atomic mass is 9.98. The highest BCUT2D eigenvalue weighted by atomic mass is 79.9. The van der Waals surface area contributed by atoms with Crippen molar-refractivity contribution >= 4 is 43.5 Å². The van der Waals surface area contributed by atoms with Gasteiger partial charge in [0.15, 0.2) is 0 Å². The molecule has 0 fully saturated rings. The molecule has 21 heavy (non-hydrogen) atoms. The molecule has 5 heteroatoms. The third kappa shape index (κ3) is 4.28. The zero-order valence-corrected chi connectivity index (χ0v) is 15.4. The van der Waals surface area contributed by atoms with Gasteiger partial charge in [0.2, 0.25) is 0 Å². The van der Waals surface area contributed by atoms with Crippen molar-refractivity contribution in [3.8, 4) is 0 Å². The highest BCUT2D eigenvalue weighted by Crippen LogP contribution is 2.32. The summed E-state index contributed by atoms with van der Waals surface area (Å²) < 4.78 is 15.4. The molecule has 0 saturated carbocycles. The van der Waals surface area contributed by atoms with E-state index >= 15 is 0 Å². The summed E-state index contributed by atoms with van der Waals surface area (Å²) >= 11 is 13.0. The van der Waals surface area contributed by atoms with Crippen LogP contribution in [0.3, 0.4) is 0 Å². The van der Waals surface area contributed by atoms with Gasteiger partial charge in [0, 0.05) is 8.95 Å². The van der Waals surface area contributed by atoms with Gasteiger partial charge in [-0.25, -0.2) is 4.39 Å². The maximum atomic E-state index is 13.4. The third-order valence-corrected chi connectivity index (χ3v) is 4.65. The summed E-state index contributed by atoms with van der Waals surface area (Å²) in [5, 5.41) is 3.63. The molecule has 1 atom stereocenters. The van der Waals surface area contributed by atoms with Crippen LogP contribution in [-0.4, -0.2) is 6.54 Å². The largest absolute Gasteiger partial charge is 0.306 e. The van der Waals surface area contributed by atoms with Gasteiger partial charge >= 0.3 is 0 Å². The molecule has 0 radical (unpaired) electrons. The van der Waals surface area contributed by atoms with Crippen molar-refractivity contribution in [3.05, 3.63) is 67.3 Å². The van der Waals surface area contributed by atoms with Gasteiger partial charge in [-0.05, 0) is 54.4 Å². The van der Waals surface area contributed by atoms with Crippen LogP contribution in [0, 0.1) is 5.82 Å². The molecular formula is C16H15Br2ClFN. The van der Waals surface area contributed by atoms with E-state index in [9.17, 15) is 4.39 Å². The summed E-state index contributed by atoms with van der Waals surface area (Å²) in [5.41, 5.74) is 2.02. The van der Waals surface area contributed by atoms with E-state index in [1.54, 1.807) is 12.1 Å².